The van der Waals surface area contributed by atoms with E-state index in [2.05, 4.69) is 4.52 Å². The van der Waals surface area contributed by atoms with Gasteiger partial charge in [0.25, 0.3) is 0 Å². The second-order valence-electron chi connectivity index (χ2n) is 3.21. The molecule has 5 atom stereocenters. The summed E-state index contributed by atoms with van der Waals surface area (Å²) in [5.74, 6) is 0. The molecule has 0 aliphatic heterocycles. The molecule has 10 nitrogen and oxygen atoms in total. The summed E-state index contributed by atoms with van der Waals surface area (Å²) in [6, 6.07) is 0. The number of aliphatic hydroxyl groups excluding tert-OH is 6. The molecule has 0 aromatic heterocycles. The zero-order valence-corrected chi connectivity index (χ0v) is 9.33. The molecule has 18 heavy (non-hydrogen) atoms. The fraction of sp³-hybridized carbons (Fsp3) is 1.00. The van der Waals surface area contributed by atoms with Gasteiger partial charge in [-0.25, -0.2) is 4.57 Å². The second kappa shape index (κ2) is 9.44. The number of rotatable bonds is 7. The maximum atomic E-state index is 10.3. The van der Waals surface area contributed by atoms with E-state index in [1.165, 1.54) is 0 Å². The summed E-state index contributed by atoms with van der Waals surface area (Å²) in [6.45, 7) is -0.930. The Morgan fingerprint density at radius 2 is 1.39 bits per heavy atom. The molecule has 106 valence electrons. The Hall–Kier alpha value is 1.51. The van der Waals surface area contributed by atoms with E-state index >= 15 is 0 Å². The number of aliphatic hydroxyl groups is 6. The Kier molecular flexibility index (Phi) is 11.4. The first-order chi connectivity index (χ1) is 7.60. The van der Waals surface area contributed by atoms with Crippen molar-refractivity contribution in [1.29, 1.82) is 0 Å². The Morgan fingerprint density at radius 3 is 1.72 bits per heavy atom. The molecule has 0 amide bonds. The zero-order valence-electron chi connectivity index (χ0n) is 8.44. The Morgan fingerprint density at radius 1 is 0.944 bits per heavy atom. The predicted molar refractivity (Wildman–Crippen MR) is 57.4 cm³/mol. The molecule has 0 aromatic rings. The van der Waals surface area contributed by atoms with Crippen LogP contribution in [-0.4, -0.2) is 129 Å². The van der Waals surface area contributed by atoms with Gasteiger partial charge in [-0.1, -0.05) is 0 Å². The van der Waals surface area contributed by atoms with Gasteiger partial charge in [0.1, 0.15) is 24.4 Å². The van der Waals surface area contributed by atoms with E-state index < -0.39 is 45.1 Å². The van der Waals surface area contributed by atoms with E-state index in [-0.39, 0.29) is 51.4 Å². The average Bonchev–Trinajstić information content (AvgIpc) is 2.22. The van der Waals surface area contributed by atoms with Crippen molar-refractivity contribution in [3.63, 3.8) is 0 Å². The van der Waals surface area contributed by atoms with Crippen LogP contribution in [0.25, 0.3) is 0 Å². The van der Waals surface area contributed by atoms with Crippen molar-refractivity contribution in [1.82, 2.24) is 0 Å². The van der Waals surface area contributed by atoms with Gasteiger partial charge in [0, 0.05) is 0 Å². The van der Waals surface area contributed by atoms with Crippen LogP contribution in [0, 0.1) is 0 Å². The van der Waals surface area contributed by atoms with Gasteiger partial charge in [0.15, 0.2) is 6.29 Å². The standard InChI is InChI=1S/C6H15O10P.K.H/c7-1-2(8)3(9)4(10)5(11)6(12)16-17(13,14)15;;/h2-12H,1H2,(H2,13,14,15);;/t2-,3-,4+,5+,6?;;/m1../s1. The zero-order chi connectivity index (χ0) is 13.8. The molecule has 8 N–H and O–H groups in total. The summed E-state index contributed by atoms with van der Waals surface area (Å²) in [6.07, 6.45) is -10.8. The summed E-state index contributed by atoms with van der Waals surface area (Å²) in [4.78, 5) is 16.6. The van der Waals surface area contributed by atoms with Crippen molar-refractivity contribution in [3.05, 3.63) is 0 Å². The molecule has 0 radical (unpaired) electrons. The average molecular weight is 318 g/mol. The van der Waals surface area contributed by atoms with Crippen LogP contribution in [0.2, 0.25) is 0 Å². The molecule has 0 aliphatic carbocycles. The minimum absolute atomic E-state index is 0. The van der Waals surface area contributed by atoms with Crippen molar-refractivity contribution < 1.29 is 49.5 Å². The molecule has 0 bridgehead atoms. The van der Waals surface area contributed by atoms with Gasteiger partial charge in [-0.05, 0) is 0 Å². The summed E-state index contributed by atoms with van der Waals surface area (Å²) in [5, 5.41) is 53.8. The number of hydrogen-bond donors (Lipinski definition) is 8. The fourth-order valence-electron chi connectivity index (χ4n) is 0.909. The molecule has 0 fully saturated rings. The van der Waals surface area contributed by atoms with Crippen LogP contribution in [0.4, 0.5) is 0 Å². The van der Waals surface area contributed by atoms with Crippen LogP contribution < -0.4 is 0 Å². The van der Waals surface area contributed by atoms with E-state index in [0.717, 1.165) is 0 Å². The second-order valence-corrected chi connectivity index (χ2v) is 4.40. The van der Waals surface area contributed by atoms with Crippen LogP contribution >= 0.6 is 7.82 Å². The molecule has 0 heterocycles. The Labute approximate surface area is 145 Å². The van der Waals surface area contributed by atoms with E-state index in [0.29, 0.717) is 0 Å². The van der Waals surface area contributed by atoms with Crippen LogP contribution in [0.15, 0.2) is 0 Å². The molecule has 0 saturated carbocycles. The molecule has 12 heteroatoms. The first-order valence-corrected chi connectivity index (χ1v) is 5.88. The van der Waals surface area contributed by atoms with Gasteiger partial charge >= 0.3 is 59.2 Å². The third-order valence-corrected chi connectivity index (χ3v) is 2.31. The predicted octanol–water partition coefficient (Wildman–Crippen LogP) is -4.80. The molecule has 0 spiro atoms. The van der Waals surface area contributed by atoms with E-state index in [1.54, 1.807) is 0 Å². The Bertz CT molecular complexity index is 271. The van der Waals surface area contributed by atoms with Crippen molar-refractivity contribution in [2.24, 2.45) is 0 Å². The molecule has 1 unspecified atom stereocenters. The van der Waals surface area contributed by atoms with Gasteiger partial charge in [0.05, 0.1) is 6.61 Å². The van der Waals surface area contributed by atoms with Gasteiger partial charge in [-0.2, -0.15) is 0 Å². The third kappa shape index (κ3) is 7.94. The number of hydrogen-bond acceptors (Lipinski definition) is 8. The van der Waals surface area contributed by atoms with Gasteiger partial charge < -0.3 is 40.4 Å². The number of phosphoric ester groups is 1. The van der Waals surface area contributed by atoms with E-state index in [4.69, 9.17) is 35.3 Å². The molecule has 0 aromatic carbocycles. The monoisotopic (exact) mass is 318 g/mol. The summed E-state index contributed by atoms with van der Waals surface area (Å²) in [5.41, 5.74) is 0. The van der Waals surface area contributed by atoms with Crippen LogP contribution in [-0.2, 0) is 9.09 Å². The van der Waals surface area contributed by atoms with Crippen molar-refractivity contribution in [3.8, 4) is 0 Å². The third-order valence-electron chi connectivity index (χ3n) is 1.82. The molecule has 0 saturated heterocycles. The van der Waals surface area contributed by atoms with E-state index in [1.807, 2.05) is 0 Å². The van der Waals surface area contributed by atoms with Gasteiger partial charge in [-0.15, -0.1) is 0 Å². The van der Waals surface area contributed by atoms with E-state index in [9.17, 15) is 9.67 Å². The fourth-order valence-corrected chi connectivity index (χ4v) is 1.32. The number of phosphoric acid groups is 1. The molecular weight excluding hydrogens is 302 g/mol. The van der Waals surface area contributed by atoms with Crippen LogP contribution in [0.1, 0.15) is 0 Å². The summed E-state index contributed by atoms with van der Waals surface area (Å²) < 4.78 is 13.9. The first kappa shape index (κ1) is 21.8. The summed E-state index contributed by atoms with van der Waals surface area (Å²) >= 11 is 0. The quantitative estimate of drug-likeness (QED) is 0.128. The molecule has 0 rings (SSSR count). The van der Waals surface area contributed by atoms with Crippen molar-refractivity contribution >= 4 is 59.2 Å². The van der Waals surface area contributed by atoms with Crippen molar-refractivity contribution in [2.45, 2.75) is 30.7 Å². The minimum atomic E-state index is -5.09. The van der Waals surface area contributed by atoms with Crippen LogP contribution in [0.3, 0.4) is 0 Å². The molecule has 0 aliphatic rings. The van der Waals surface area contributed by atoms with Gasteiger partial charge in [0.2, 0.25) is 0 Å². The maximum absolute atomic E-state index is 10.3. The van der Waals surface area contributed by atoms with Gasteiger partial charge in [-0.3, -0.25) is 4.52 Å². The summed E-state index contributed by atoms with van der Waals surface area (Å²) in [7, 11) is -5.09. The van der Waals surface area contributed by atoms with Crippen LogP contribution in [0.5, 0.6) is 0 Å². The first-order valence-electron chi connectivity index (χ1n) is 4.35. The molecular formula is C6H16KO10P. The van der Waals surface area contributed by atoms with Crippen molar-refractivity contribution in [2.75, 3.05) is 6.61 Å². The normalized spacial score (nSPS) is 20.4. The Balaban J connectivity index is 0. The topological polar surface area (TPSA) is 188 Å². The SMILES string of the molecule is O=P(O)(O)OC(O)[C@@H](O)[C@@H](O)[C@H](O)[C@H](O)CO.[KH].